The van der Waals surface area contributed by atoms with Crippen LogP contribution in [0.1, 0.15) is 13.3 Å². The number of nitrogens with one attached hydrogen (secondary N) is 1. The third-order valence-corrected chi connectivity index (χ3v) is 1.99. The highest BCUT2D eigenvalue weighted by molar-refractivity contribution is 6.31. The summed E-state index contributed by atoms with van der Waals surface area (Å²) in [6.07, 6.45) is 0.264. The summed E-state index contributed by atoms with van der Waals surface area (Å²) in [7, 11) is 0. The summed E-state index contributed by atoms with van der Waals surface area (Å²) >= 11 is 5.61. The standard InChI is InChI=1S/C9H9ClN2O3/c1-2-9(13)11-7-4-3-6(10)5-8(7)12(14)15/h3-5H,2H2,1H3,(H,11,13). The molecule has 0 aliphatic heterocycles. The predicted molar refractivity (Wildman–Crippen MR) is 57.0 cm³/mol. The zero-order valence-corrected chi connectivity index (χ0v) is 8.75. The van der Waals surface area contributed by atoms with E-state index in [9.17, 15) is 14.9 Å². The number of hydrogen-bond acceptors (Lipinski definition) is 3. The van der Waals surface area contributed by atoms with E-state index in [0.717, 1.165) is 0 Å². The molecule has 0 bridgehead atoms. The summed E-state index contributed by atoms with van der Waals surface area (Å²) in [4.78, 5) is 21.1. The monoisotopic (exact) mass is 228 g/mol. The SMILES string of the molecule is CCC(=O)Nc1ccc(Cl)cc1[N+](=O)[O-]. The molecule has 0 saturated heterocycles. The quantitative estimate of drug-likeness (QED) is 0.638. The number of benzene rings is 1. The van der Waals surface area contributed by atoms with E-state index in [2.05, 4.69) is 5.32 Å². The average Bonchev–Trinajstić information content (AvgIpc) is 2.20. The first-order chi connectivity index (χ1) is 7.04. The minimum atomic E-state index is -0.586. The fourth-order valence-corrected chi connectivity index (χ4v) is 1.17. The van der Waals surface area contributed by atoms with Crippen molar-refractivity contribution in [1.29, 1.82) is 0 Å². The molecule has 1 rings (SSSR count). The molecule has 0 fully saturated rings. The van der Waals surface area contributed by atoms with E-state index in [-0.39, 0.29) is 28.7 Å². The van der Waals surface area contributed by atoms with E-state index < -0.39 is 4.92 Å². The lowest BCUT2D eigenvalue weighted by Crippen LogP contribution is -2.10. The highest BCUT2D eigenvalue weighted by Crippen LogP contribution is 2.27. The molecule has 0 saturated carbocycles. The number of halogens is 1. The Bertz CT molecular complexity index is 406. The molecule has 15 heavy (non-hydrogen) atoms. The average molecular weight is 229 g/mol. The van der Waals surface area contributed by atoms with Gasteiger partial charge in [-0.05, 0) is 12.1 Å². The highest BCUT2D eigenvalue weighted by Gasteiger charge is 2.15. The van der Waals surface area contributed by atoms with Crippen molar-refractivity contribution in [2.75, 3.05) is 5.32 Å². The Morgan fingerprint density at radius 2 is 2.27 bits per heavy atom. The summed E-state index contributed by atoms with van der Waals surface area (Å²) in [6.45, 7) is 1.66. The van der Waals surface area contributed by atoms with E-state index in [0.29, 0.717) is 0 Å². The van der Waals surface area contributed by atoms with Gasteiger partial charge >= 0.3 is 0 Å². The van der Waals surface area contributed by atoms with E-state index >= 15 is 0 Å². The first-order valence-corrected chi connectivity index (χ1v) is 4.66. The van der Waals surface area contributed by atoms with Crippen LogP contribution in [0, 0.1) is 10.1 Å². The smallest absolute Gasteiger partial charge is 0.294 e. The summed E-state index contributed by atoms with van der Waals surface area (Å²) < 4.78 is 0. The fraction of sp³-hybridized carbons (Fsp3) is 0.222. The number of nitrogens with zero attached hydrogens (tertiary/aromatic N) is 1. The number of carbonyl (C=O) groups excluding carboxylic acids is 1. The number of amides is 1. The first kappa shape index (κ1) is 11.5. The zero-order valence-electron chi connectivity index (χ0n) is 7.99. The minimum absolute atomic E-state index is 0.163. The van der Waals surface area contributed by atoms with Gasteiger partial charge in [0, 0.05) is 17.5 Å². The topological polar surface area (TPSA) is 72.2 Å². The van der Waals surface area contributed by atoms with Crippen molar-refractivity contribution < 1.29 is 9.72 Å². The van der Waals surface area contributed by atoms with Crippen LogP contribution in [0.2, 0.25) is 5.02 Å². The molecule has 1 aromatic carbocycles. The number of anilines is 1. The van der Waals surface area contributed by atoms with Crippen LogP contribution >= 0.6 is 11.6 Å². The van der Waals surface area contributed by atoms with Gasteiger partial charge in [0.15, 0.2) is 0 Å². The van der Waals surface area contributed by atoms with Gasteiger partial charge in [-0.3, -0.25) is 14.9 Å². The van der Waals surface area contributed by atoms with Crippen molar-refractivity contribution in [3.05, 3.63) is 33.3 Å². The molecule has 1 aromatic rings. The normalized spacial score (nSPS) is 9.73. The molecule has 6 heteroatoms. The molecule has 5 nitrogen and oxygen atoms in total. The van der Waals surface area contributed by atoms with Crippen LogP contribution in [0.15, 0.2) is 18.2 Å². The van der Waals surface area contributed by atoms with Crippen molar-refractivity contribution in [1.82, 2.24) is 0 Å². The largest absolute Gasteiger partial charge is 0.320 e. The zero-order chi connectivity index (χ0) is 11.4. The third-order valence-electron chi connectivity index (χ3n) is 1.75. The summed E-state index contributed by atoms with van der Waals surface area (Å²) in [5.41, 5.74) is -0.0412. The van der Waals surface area contributed by atoms with E-state index in [1.54, 1.807) is 6.92 Å². The molecule has 0 aliphatic carbocycles. The molecule has 1 N–H and O–H groups in total. The molecule has 0 aliphatic rings. The second kappa shape index (κ2) is 4.75. The van der Waals surface area contributed by atoms with Crippen molar-refractivity contribution in [3.8, 4) is 0 Å². The molecule has 1 amide bonds. The Morgan fingerprint density at radius 1 is 1.60 bits per heavy atom. The van der Waals surface area contributed by atoms with Crippen LogP contribution in [-0.4, -0.2) is 10.8 Å². The second-order valence-corrected chi connectivity index (χ2v) is 3.26. The lowest BCUT2D eigenvalue weighted by molar-refractivity contribution is -0.383. The van der Waals surface area contributed by atoms with Gasteiger partial charge in [0.1, 0.15) is 5.69 Å². The Balaban J connectivity index is 3.06. The molecule has 0 spiro atoms. The lowest BCUT2D eigenvalue weighted by Gasteiger charge is -2.04. The van der Waals surface area contributed by atoms with Crippen molar-refractivity contribution in [3.63, 3.8) is 0 Å². The fourth-order valence-electron chi connectivity index (χ4n) is 1.00. The third kappa shape index (κ3) is 2.92. The van der Waals surface area contributed by atoms with Crippen LogP contribution < -0.4 is 5.32 Å². The van der Waals surface area contributed by atoms with Gasteiger partial charge < -0.3 is 5.32 Å². The Morgan fingerprint density at radius 3 is 2.80 bits per heavy atom. The van der Waals surface area contributed by atoms with Gasteiger partial charge in [0.25, 0.3) is 5.69 Å². The summed E-state index contributed by atoms with van der Waals surface area (Å²) in [6, 6.07) is 4.10. The van der Waals surface area contributed by atoms with E-state index in [1.807, 2.05) is 0 Å². The Hall–Kier alpha value is -1.62. The van der Waals surface area contributed by atoms with Crippen molar-refractivity contribution in [2.24, 2.45) is 0 Å². The van der Waals surface area contributed by atoms with Gasteiger partial charge in [-0.2, -0.15) is 0 Å². The Kier molecular flexibility index (Phi) is 3.62. The van der Waals surface area contributed by atoms with E-state index in [1.165, 1.54) is 18.2 Å². The number of nitro benzene ring substituents is 1. The van der Waals surface area contributed by atoms with Gasteiger partial charge in [-0.15, -0.1) is 0 Å². The molecular weight excluding hydrogens is 220 g/mol. The summed E-state index contributed by atoms with van der Waals surface area (Å²) in [5.74, 6) is -0.277. The van der Waals surface area contributed by atoms with E-state index in [4.69, 9.17) is 11.6 Å². The van der Waals surface area contributed by atoms with Crippen LogP contribution in [0.4, 0.5) is 11.4 Å². The van der Waals surface area contributed by atoms with Crippen LogP contribution in [0.5, 0.6) is 0 Å². The maximum Gasteiger partial charge on any atom is 0.294 e. The molecule has 0 heterocycles. The summed E-state index contributed by atoms with van der Waals surface area (Å²) in [5, 5.41) is 13.3. The number of nitro groups is 1. The van der Waals surface area contributed by atoms with Crippen LogP contribution in [0.3, 0.4) is 0 Å². The second-order valence-electron chi connectivity index (χ2n) is 2.82. The molecular formula is C9H9ClN2O3. The predicted octanol–water partition coefficient (Wildman–Crippen LogP) is 2.60. The molecule has 0 aromatic heterocycles. The van der Waals surface area contributed by atoms with Crippen LogP contribution in [-0.2, 0) is 4.79 Å². The first-order valence-electron chi connectivity index (χ1n) is 4.28. The molecule has 80 valence electrons. The number of rotatable bonds is 3. The molecule has 0 radical (unpaired) electrons. The van der Waals surface area contributed by atoms with Crippen LogP contribution in [0.25, 0.3) is 0 Å². The van der Waals surface area contributed by atoms with Crippen molar-refractivity contribution >= 4 is 28.9 Å². The lowest BCUT2D eigenvalue weighted by atomic mass is 10.2. The minimum Gasteiger partial charge on any atom is -0.320 e. The van der Waals surface area contributed by atoms with Crippen molar-refractivity contribution in [2.45, 2.75) is 13.3 Å². The Labute approximate surface area is 91.2 Å². The molecule has 0 unspecified atom stereocenters. The van der Waals surface area contributed by atoms with Gasteiger partial charge in [0.05, 0.1) is 4.92 Å². The van der Waals surface area contributed by atoms with Gasteiger partial charge in [-0.25, -0.2) is 0 Å². The number of carbonyl (C=O) groups is 1. The van der Waals surface area contributed by atoms with Gasteiger partial charge in [-0.1, -0.05) is 18.5 Å². The van der Waals surface area contributed by atoms with Gasteiger partial charge in [0.2, 0.25) is 5.91 Å². The highest BCUT2D eigenvalue weighted by atomic mass is 35.5. The maximum atomic E-state index is 11.1. The number of hydrogen-bond donors (Lipinski definition) is 1. The maximum absolute atomic E-state index is 11.1. The molecule has 0 atom stereocenters.